The number of carbonyl (C=O) groups excluding carboxylic acids is 1. The maximum atomic E-state index is 13.5. The zero-order valence-corrected chi connectivity index (χ0v) is 22.1. The molecule has 2 aromatic rings. The van der Waals surface area contributed by atoms with Gasteiger partial charge in [0.05, 0.1) is 17.3 Å². The number of amidine groups is 2. The van der Waals surface area contributed by atoms with Crippen molar-refractivity contribution in [1.82, 2.24) is 4.90 Å². The first-order valence-corrected chi connectivity index (χ1v) is 13.4. The summed E-state index contributed by atoms with van der Waals surface area (Å²) in [5.41, 5.74) is 6.95. The lowest BCUT2D eigenvalue weighted by molar-refractivity contribution is -0.143. The van der Waals surface area contributed by atoms with Gasteiger partial charge in [0.15, 0.2) is 0 Å². The number of likely N-dealkylation sites (tertiary alicyclic amines) is 1. The topological polar surface area (TPSA) is 118 Å². The van der Waals surface area contributed by atoms with Crippen LogP contribution in [0, 0.1) is 25.7 Å². The van der Waals surface area contributed by atoms with Crippen molar-refractivity contribution in [2.45, 2.75) is 52.4 Å². The predicted molar refractivity (Wildman–Crippen MR) is 148 cm³/mol. The van der Waals surface area contributed by atoms with Gasteiger partial charge in [-0.3, -0.25) is 19.9 Å². The number of hydrazone groups is 1. The van der Waals surface area contributed by atoms with Gasteiger partial charge in [-0.05, 0) is 80.5 Å². The molecule has 9 nitrogen and oxygen atoms in total. The fourth-order valence-corrected chi connectivity index (χ4v) is 5.65. The van der Waals surface area contributed by atoms with Crippen LogP contribution < -0.4 is 10.3 Å². The molecule has 1 amide bonds. The fourth-order valence-electron chi connectivity index (χ4n) is 5.65. The average Bonchev–Trinajstić information content (AvgIpc) is 3.20. The third-order valence-electron chi connectivity index (χ3n) is 8.17. The first-order valence-electron chi connectivity index (χ1n) is 13.4. The largest absolute Gasteiger partial charge is 0.505 e. The Morgan fingerprint density at radius 3 is 2.63 bits per heavy atom. The number of aryl methyl sites for hydroxylation is 2. The van der Waals surface area contributed by atoms with E-state index in [1.54, 1.807) is 11.0 Å². The van der Waals surface area contributed by atoms with Crippen LogP contribution in [0.4, 0.5) is 11.4 Å². The van der Waals surface area contributed by atoms with Crippen LogP contribution in [0.15, 0.2) is 46.5 Å². The average molecular weight is 518 g/mol. The minimum Gasteiger partial charge on any atom is -0.505 e. The van der Waals surface area contributed by atoms with Crippen molar-refractivity contribution in [2.24, 2.45) is 21.9 Å². The summed E-state index contributed by atoms with van der Waals surface area (Å²) >= 11 is 0. The number of carboxylic acids is 1. The number of hydrogen-bond acceptors (Lipinski definition) is 6. The number of carbonyl (C=O) groups is 2. The Labute approximate surface area is 222 Å². The summed E-state index contributed by atoms with van der Waals surface area (Å²) in [6, 6.07) is 11.3. The van der Waals surface area contributed by atoms with Gasteiger partial charge in [-0.15, -0.1) is 5.10 Å². The van der Waals surface area contributed by atoms with E-state index in [1.807, 2.05) is 44.2 Å². The molecule has 5 rings (SSSR count). The molecular formula is C29H35N5O4. The summed E-state index contributed by atoms with van der Waals surface area (Å²) in [5.74, 6) is -0.629. The molecule has 9 heteroatoms. The second-order valence-electron chi connectivity index (χ2n) is 10.6. The summed E-state index contributed by atoms with van der Waals surface area (Å²) in [7, 11) is 0. The molecule has 0 radical (unpaired) electrons. The molecule has 2 aliphatic heterocycles. The number of nitrogens with one attached hydrogen (secondary N) is 1. The van der Waals surface area contributed by atoms with Crippen LogP contribution in [0.5, 0.6) is 5.75 Å². The zero-order valence-electron chi connectivity index (χ0n) is 22.1. The Balaban J connectivity index is 1.40. The highest BCUT2D eigenvalue weighted by atomic mass is 16.4. The highest BCUT2D eigenvalue weighted by molar-refractivity contribution is 6.54. The number of aliphatic carboxylic acids is 1. The molecule has 2 aromatic carbocycles. The third kappa shape index (κ3) is 4.90. The summed E-state index contributed by atoms with van der Waals surface area (Å²) in [4.78, 5) is 33.7. The molecule has 3 aliphatic rings. The molecule has 1 saturated heterocycles. The molecule has 0 spiro atoms. The number of anilines is 2. The highest BCUT2D eigenvalue weighted by Gasteiger charge is 2.41. The Morgan fingerprint density at radius 2 is 1.92 bits per heavy atom. The van der Waals surface area contributed by atoms with Crippen molar-refractivity contribution in [3.05, 3.63) is 53.1 Å². The van der Waals surface area contributed by atoms with Crippen molar-refractivity contribution in [3.8, 4) is 5.75 Å². The SMILES string of the molecule is CCN1CC(C2=NC(=NNc3cccc(C4CCCC(C(=O)O)C4)c3O)C(=O)N2c2ccc(C)c(C)c2)C1. The second-order valence-corrected chi connectivity index (χ2v) is 10.6. The van der Waals surface area contributed by atoms with Gasteiger partial charge in [-0.2, -0.15) is 0 Å². The van der Waals surface area contributed by atoms with E-state index >= 15 is 0 Å². The standard InChI is InChI=1S/C29H35N5O4/c1-4-33-15-21(16-33)27-30-26(28(36)34(27)22-12-11-17(2)18(3)13-22)32-31-24-10-6-9-23(25(24)35)19-7-5-8-20(14-19)29(37)38/h6,9-13,19-21,31,35H,4-5,7-8,14-16H2,1-3H3,(H,37,38). The van der Waals surface area contributed by atoms with Gasteiger partial charge >= 0.3 is 11.9 Å². The maximum Gasteiger partial charge on any atom is 0.306 e. The smallest absolute Gasteiger partial charge is 0.306 e. The molecule has 2 fully saturated rings. The first-order chi connectivity index (χ1) is 18.3. The van der Waals surface area contributed by atoms with Gasteiger partial charge in [0.2, 0.25) is 5.84 Å². The van der Waals surface area contributed by atoms with Gasteiger partial charge in [0.1, 0.15) is 11.6 Å². The number of nitrogens with zero attached hydrogens (tertiary/aromatic N) is 4. The molecule has 38 heavy (non-hydrogen) atoms. The normalized spacial score (nSPS) is 23.4. The van der Waals surface area contributed by atoms with Crippen LogP contribution in [0.2, 0.25) is 0 Å². The fraction of sp³-hybridized carbons (Fsp3) is 0.448. The van der Waals surface area contributed by atoms with Crippen LogP contribution in [0.3, 0.4) is 0 Å². The summed E-state index contributed by atoms with van der Waals surface area (Å²) in [5, 5.41) is 24.8. The minimum atomic E-state index is -0.787. The Kier molecular flexibility index (Phi) is 7.21. The summed E-state index contributed by atoms with van der Waals surface area (Å²) < 4.78 is 0. The van der Waals surface area contributed by atoms with Crippen LogP contribution in [-0.2, 0) is 9.59 Å². The van der Waals surface area contributed by atoms with E-state index in [0.717, 1.165) is 49.3 Å². The highest BCUT2D eigenvalue weighted by Crippen LogP contribution is 2.42. The zero-order chi connectivity index (χ0) is 27.0. The Hall–Kier alpha value is -3.72. The lowest BCUT2D eigenvalue weighted by atomic mass is 9.77. The molecular weight excluding hydrogens is 482 g/mol. The quantitative estimate of drug-likeness (QED) is 0.368. The van der Waals surface area contributed by atoms with E-state index < -0.39 is 11.9 Å². The molecule has 2 unspecified atom stereocenters. The first kappa shape index (κ1) is 25.9. The number of amides is 1. The Morgan fingerprint density at radius 1 is 1.13 bits per heavy atom. The number of carboxylic acid groups (broad SMARTS) is 1. The number of phenols is 1. The van der Waals surface area contributed by atoms with Crippen molar-refractivity contribution in [3.63, 3.8) is 0 Å². The number of rotatable bonds is 7. The molecule has 1 aliphatic carbocycles. The van der Waals surface area contributed by atoms with E-state index in [-0.39, 0.29) is 29.3 Å². The summed E-state index contributed by atoms with van der Waals surface area (Å²) in [6.07, 6.45) is 2.78. The molecule has 0 bridgehead atoms. The molecule has 0 aromatic heterocycles. The molecule has 2 heterocycles. The van der Waals surface area contributed by atoms with Gasteiger partial charge in [-0.25, -0.2) is 4.99 Å². The molecule has 2 atom stereocenters. The van der Waals surface area contributed by atoms with E-state index in [1.165, 1.54) is 0 Å². The molecule has 1 saturated carbocycles. The number of aromatic hydroxyl groups is 1. The lowest BCUT2D eigenvalue weighted by Crippen LogP contribution is -2.54. The van der Waals surface area contributed by atoms with Gasteiger partial charge in [-0.1, -0.05) is 31.5 Å². The van der Waals surface area contributed by atoms with Gasteiger partial charge in [0.25, 0.3) is 0 Å². The van der Waals surface area contributed by atoms with Crippen LogP contribution in [-0.4, -0.2) is 58.3 Å². The van der Waals surface area contributed by atoms with Crippen molar-refractivity contribution in [2.75, 3.05) is 30.0 Å². The number of benzene rings is 2. The van der Waals surface area contributed by atoms with Crippen molar-refractivity contribution in [1.29, 1.82) is 0 Å². The Bertz CT molecular complexity index is 1310. The minimum absolute atomic E-state index is 0.0335. The van der Waals surface area contributed by atoms with Gasteiger partial charge < -0.3 is 15.1 Å². The number of hydrogen-bond donors (Lipinski definition) is 3. The van der Waals surface area contributed by atoms with Crippen LogP contribution in [0.25, 0.3) is 0 Å². The monoisotopic (exact) mass is 517 g/mol. The second kappa shape index (κ2) is 10.6. The van der Waals surface area contributed by atoms with E-state index in [4.69, 9.17) is 0 Å². The van der Waals surface area contributed by atoms with E-state index in [0.29, 0.717) is 29.9 Å². The van der Waals surface area contributed by atoms with Crippen molar-refractivity contribution >= 4 is 34.9 Å². The van der Waals surface area contributed by atoms with Crippen molar-refractivity contribution < 1.29 is 19.8 Å². The van der Waals surface area contributed by atoms with Crippen LogP contribution in [0.1, 0.15) is 55.2 Å². The summed E-state index contributed by atoms with van der Waals surface area (Å²) in [6.45, 7) is 8.81. The van der Waals surface area contributed by atoms with E-state index in [9.17, 15) is 19.8 Å². The number of aliphatic imine (C=N–C) groups is 1. The predicted octanol–water partition coefficient (Wildman–Crippen LogP) is 4.49. The number of phenolic OH excluding ortho intramolecular Hbond substituents is 1. The maximum absolute atomic E-state index is 13.5. The van der Waals surface area contributed by atoms with Crippen LogP contribution >= 0.6 is 0 Å². The molecule has 3 N–H and O–H groups in total. The lowest BCUT2D eigenvalue weighted by Gasteiger charge is -2.40. The third-order valence-corrected chi connectivity index (χ3v) is 8.17. The van der Waals surface area contributed by atoms with Gasteiger partial charge in [0, 0.05) is 19.0 Å². The molecule has 200 valence electrons. The van der Waals surface area contributed by atoms with E-state index in [2.05, 4.69) is 27.3 Å². The number of para-hydroxylation sites is 1.